The SMILES string of the molecule is Cc1cc(CN2C(=O)NC(=O)C2=O)sc1C. The number of amides is 4. The molecule has 1 aromatic rings. The van der Waals surface area contributed by atoms with E-state index in [1.165, 1.54) is 11.3 Å². The predicted octanol–water partition coefficient (Wildman–Crippen LogP) is 0.943. The number of hydrogen-bond donors (Lipinski definition) is 1. The summed E-state index contributed by atoms with van der Waals surface area (Å²) in [6.07, 6.45) is 0. The van der Waals surface area contributed by atoms with Crippen molar-refractivity contribution in [3.05, 3.63) is 21.4 Å². The van der Waals surface area contributed by atoms with Gasteiger partial charge in [-0.2, -0.15) is 0 Å². The largest absolute Gasteiger partial charge is 0.331 e. The first-order valence-electron chi connectivity index (χ1n) is 4.71. The van der Waals surface area contributed by atoms with Crippen LogP contribution in [-0.4, -0.2) is 22.7 Å². The van der Waals surface area contributed by atoms with Crippen molar-refractivity contribution in [3.8, 4) is 0 Å². The molecule has 1 aliphatic rings. The van der Waals surface area contributed by atoms with Gasteiger partial charge in [0.25, 0.3) is 0 Å². The Balaban J connectivity index is 2.19. The van der Waals surface area contributed by atoms with E-state index in [0.717, 1.165) is 20.2 Å². The van der Waals surface area contributed by atoms with Gasteiger partial charge in [-0.05, 0) is 25.5 Å². The van der Waals surface area contributed by atoms with Gasteiger partial charge in [-0.15, -0.1) is 11.3 Å². The molecule has 0 radical (unpaired) electrons. The highest BCUT2D eigenvalue weighted by atomic mass is 32.1. The van der Waals surface area contributed by atoms with Crippen LogP contribution in [-0.2, 0) is 16.1 Å². The van der Waals surface area contributed by atoms with Crippen LogP contribution in [0.3, 0.4) is 0 Å². The van der Waals surface area contributed by atoms with Gasteiger partial charge in [0.2, 0.25) is 0 Å². The molecule has 84 valence electrons. The molecule has 5 nitrogen and oxygen atoms in total. The van der Waals surface area contributed by atoms with Crippen molar-refractivity contribution >= 4 is 29.2 Å². The zero-order valence-corrected chi connectivity index (χ0v) is 9.68. The molecule has 0 bridgehead atoms. The second-order valence-electron chi connectivity index (χ2n) is 3.60. The highest BCUT2D eigenvalue weighted by Crippen LogP contribution is 2.22. The van der Waals surface area contributed by atoms with E-state index < -0.39 is 17.8 Å². The third-order valence-electron chi connectivity index (χ3n) is 2.44. The van der Waals surface area contributed by atoms with E-state index in [2.05, 4.69) is 0 Å². The summed E-state index contributed by atoms with van der Waals surface area (Å²) in [4.78, 5) is 36.5. The molecule has 0 saturated carbocycles. The van der Waals surface area contributed by atoms with Crippen LogP contribution in [0.1, 0.15) is 15.3 Å². The van der Waals surface area contributed by atoms with Crippen molar-refractivity contribution in [1.82, 2.24) is 10.2 Å². The number of nitrogens with zero attached hydrogens (tertiary/aromatic N) is 1. The van der Waals surface area contributed by atoms with Crippen molar-refractivity contribution in [2.45, 2.75) is 20.4 Å². The molecule has 4 amide bonds. The Morgan fingerprint density at radius 1 is 1.31 bits per heavy atom. The van der Waals surface area contributed by atoms with Gasteiger partial charge in [-0.25, -0.2) is 4.79 Å². The molecule has 16 heavy (non-hydrogen) atoms. The van der Waals surface area contributed by atoms with Gasteiger partial charge in [0.15, 0.2) is 0 Å². The summed E-state index contributed by atoms with van der Waals surface area (Å²) in [5.41, 5.74) is 1.12. The van der Waals surface area contributed by atoms with Crippen molar-refractivity contribution in [2.24, 2.45) is 0 Å². The van der Waals surface area contributed by atoms with Crippen LogP contribution in [0.4, 0.5) is 4.79 Å². The molecule has 0 unspecified atom stereocenters. The van der Waals surface area contributed by atoms with Gasteiger partial charge in [-0.3, -0.25) is 19.8 Å². The van der Waals surface area contributed by atoms with Gasteiger partial charge >= 0.3 is 17.8 Å². The summed E-state index contributed by atoms with van der Waals surface area (Å²) in [5, 5.41) is 1.96. The molecule has 2 heterocycles. The zero-order valence-electron chi connectivity index (χ0n) is 8.86. The quantitative estimate of drug-likeness (QED) is 0.616. The third kappa shape index (κ3) is 1.71. The number of carbonyl (C=O) groups is 3. The maximum atomic E-state index is 11.3. The molecule has 1 saturated heterocycles. The fourth-order valence-corrected chi connectivity index (χ4v) is 2.50. The Morgan fingerprint density at radius 3 is 2.44 bits per heavy atom. The highest BCUT2D eigenvalue weighted by molar-refractivity contribution is 7.12. The van der Waals surface area contributed by atoms with Gasteiger partial charge in [0.1, 0.15) is 0 Å². The van der Waals surface area contributed by atoms with E-state index in [9.17, 15) is 14.4 Å². The molecule has 1 aromatic heterocycles. The predicted molar refractivity (Wildman–Crippen MR) is 57.9 cm³/mol. The van der Waals surface area contributed by atoms with E-state index in [-0.39, 0.29) is 6.54 Å². The van der Waals surface area contributed by atoms with Gasteiger partial charge in [0, 0.05) is 9.75 Å². The summed E-state index contributed by atoms with van der Waals surface area (Å²) >= 11 is 1.52. The van der Waals surface area contributed by atoms with Crippen LogP contribution in [0, 0.1) is 13.8 Å². The average Bonchev–Trinajstić information content (AvgIpc) is 2.63. The van der Waals surface area contributed by atoms with Crippen molar-refractivity contribution in [2.75, 3.05) is 0 Å². The molecular weight excluding hydrogens is 228 g/mol. The molecule has 6 heteroatoms. The lowest BCUT2D eigenvalue weighted by Gasteiger charge is -2.08. The number of nitrogens with one attached hydrogen (secondary N) is 1. The normalized spacial score (nSPS) is 15.9. The standard InChI is InChI=1S/C10H10N2O3S/c1-5-3-7(16-6(5)2)4-12-9(14)8(13)11-10(12)15/h3H,4H2,1-2H3,(H,11,13,15). The number of thiophene rings is 1. The molecule has 1 aliphatic heterocycles. The van der Waals surface area contributed by atoms with Crippen molar-refractivity contribution in [1.29, 1.82) is 0 Å². The second kappa shape index (κ2) is 3.71. The van der Waals surface area contributed by atoms with Crippen LogP contribution < -0.4 is 5.32 Å². The summed E-state index contributed by atoms with van der Waals surface area (Å²) in [6.45, 7) is 4.10. The number of aryl methyl sites for hydroxylation is 2. The molecule has 0 atom stereocenters. The Morgan fingerprint density at radius 2 is 2.00 bits per heavy atom. The molecule has 2 rings (SSSR count). The van der Waals surface area contributed by atoms with E-state index in [1.54, 1.807) is 0 Å². The molecular formula is C10H10N2O3S. The summed E-state index contributed by atoms with van der Waals surface area (Å²) in [5.74, 6) is -1.64. The minimum Gasteiger partial charge on any atom is -0.269 e. The maximum Gasteiger partial charge on any atom is 0.331 e. The van der Waals surface area contributed by atoms with Crippen LogP contribution in [0.5, 0.6) is 0 Å². The number of rotatable bonds is 2. The second-order valence-corrected chi connectivity index (χ2v) is 4.94. The first kappa shape index (κ1) is 10.8. The average molecular weight is 238 g/mol. The van der Waals surface area contributed by atoms with Crippen LogP contribution in [0.2, 0.25) is 0 Å². The topological polar surface area (TPSA) is 66.5 Å². The fourth-order valence-electron chi connectivity index (χ4n) is 1.46. The Hall–Kier alpha value is -1.69. The Bertz CT molecular complexity index is 473. The highest BCUT2D eigenvalue weighted by Gasteiger charge is 2.36. The Labute approximate surface area is 96.0 Å². The number of imide groups is 2. The smallest absolute Gasteiger partial charge is 0.269 e. The summed E-state index contributed by atoms with van der Waals surface area (Å²) in [6, 6.07) is 1.28. The van der Waals surface area contributed by atoms with Crippen LogP contribution in [0.25, 0.3) is 0 Å². The van der Waals surface area contributed by atoms with Crippen LogP contribution in [0.15, 0.2) is 6.07 Å². The zero-order chi connectivity index (χ0) is 11.9. The minimum atomic E-state index is -0.852. The van der Waals surface area contributed by atoms with Gasteiger partial charge < -0.3 is 0 Å². The van der Waals surface area contributed by atoms with E-state index in [4.69, 9.17) is 0 Å². The lowest BCUT2D eigenvalue weighted by molar-refractivity contribution is -0.140. The van der Waals surface area contributed by atoms with Crippen molar-refractivity contribution in [3.63, 3.8) is 0 Å². The molecule has 1 N–H and O–H groups in total. The molecule has 1 fully saturated rings. The van der Waals surface area contributed by atoms with Crippen molar-refractivity contribution < 1.29 is 14.4 Å². The molecule has 0 aromatic carbocycles. The van der Waals surface area contributed by atoms with E-state index >= 15 is 0 Å². The molecule has 0 aliphatic carbocycles. The number of urea groups is 1. The first-order valence-corrected chi connectivity index (χ1v) is 5.53. The maximum absolute atomic E-state index is 11.3. The van der Waals surface area contributed by atoms with Gasteiger partial charge in [0.05, 0.1) is 6.54 Å². The number of hydrogen-bond acceptors (Lipinski definition) is 4. The van der Waals surface area contributed by atoms with E-state index in [1.807, 2.05) is 25.2 Å². The third-order valence-corrected chi connectivity index (χ3v) is 3.57. The van der Waals surface area contributed by atoms with E-state index in [0.29, 0.717) is 0 Å². The fraction of sp³-hybridized carbons (Fsp3) is 0.300. The lowest BCUT2D eigenvalue weighted by Crippen LogP contribution is -2.30. The molecule has 0 spiro atoms. The van der Waals surface area contributed by atoms with Gasteiger partial charge in [-0.1, -0.05) is 0 Å². The first-order chi connectivity index (χ1) is 7.49. The summed E-state index contributed by atoms with van der Waals surface area (Å²) < 4.78 is 0. The minimum absolute atomic E-state index is 0.162. The summed E-state index contributed by atoms with van der Waals surface area (Å²) in [7, 11) is 0. The lowest BCUT2D eigenvalue weighted by atomic mass is 10.3. The number of carbonyl (C=O) groups excluding carboxylic acids is 3. The Kier molecular flexibility index (Phi) is 2.51. The monoisotopic (exact) mass is 238 g/mol. The van der Waals surface area contributed by atoms with Crippen LogP contribution >= 0.6 is 11.3 Å².